The Morgan fingerprint density at radius 2 is 2.11 bits per heavy atom. The summed E-state index contributed by atoms with van der Waals surface area (Å²) in [6.07, 6.45) is 1.43. The van der Waals surface area contributed by atoms with E-state index in [4.69, 9.17) is 4.42 Å². The van der Waals surface area contributed by atoms with Crippen LogP contribution in [0.5, 0.6) is 0 Å². The molecule has 1 aliphatic heterocycles. The van der Waals surface area contributed by atoms with Gasteiger partial charge in [-0.05, 0) is 32.0 Å². The average molecular weight is 394 g/mol. The van der Waals surface area contributed by atoms with Gasteiger partial charge in [-0.3, -0.25) is 9.59 Å². The summed E-state index contributed by atoms with van der Waals surface area (Å²) >= 11 is 1.31. The number of amides is 2. The molecule has 1 aliphatic rings. The predicted octanol–water partition coefficient (Wildman–Crippen LogP) is 3.68. The van der Waals surface area contributed by atoms with Crippen LogP contribution >= 0.6 is 11.8 Å². The van der Waals surface area contributed by atoms with Gasteiger partial charge >= 0.3 is 0 Å². The molecule has 0 saturated carbocycles. The van der Waals surface area contributed by atoms with Crippen LogP contribution in [-0.4, -0.2) is 46.5 Å². The zero-order chi connectivity index (χ0) is 19.6. The van der Waals surface area contributed by atoms with Gasteiger partial charge in [0.1, 0.15) is 17.0 Å². The monoisotopic (exact) mass is 394 g/mol. The fourth-order valence-corrected chi connectivity index (χ4v) is 4.36. The second kappa shape index (κ2) is 8.12. The Bertz CT molecular complexity index is 828. The number of rotatable bonds is 6. The summed E-state index contributed by atoms with van der Waals surface area (Å²) in [4.78, 5) is 28.1. The van der Waals surface area contributed by atoms with Crippen molar-refractivity contribution >= 4 is 23.6 Å². The molecule has 0 aliphatic carbocycles. The molecule has 1 aromatic heterocycles. The molecule has 1 fully saturated rings. The number of halogens is 2. The highest BCUT2D eigenvalue weighted by Crippen LogP contribution is 2.43. The summed E-state index contributed by atoms with van der Waals surface area (Å²) in [5.41, 5.74) is 0.263. The minimum Gasteiger partial charge on any atom is -0.459 e. The molecule has 2 amide bonds. The van der Waals surface area contributed by atoms with Crippen molar-refractivity contribution in [2.75, 3.05) is 19.6 Å². The lowest BCUT2D eigenvalue weighted by Gasteiger charge is -2.28. The molecule has 0 unspecified atom stereocenters. The molecule has 3 rings (SSSR count). The Hall–Kier alpha value is -2.35. The molecule has 2 atom stereocenters. The molecule has 27 heavy (non-hydrogen) atoms. The molecule has 0 spiro atoms. The highest BCUT2D eigenvalue weighted by molar-refractivity contribution is 8.01. The number of benzene rings is 1. The zero-order valence-electron chi connectivity index (χ0n) is 15.0. The van der Waals surface area contributed by atoms with Crippen molar-refractivity contribution in [1.82, 2.24) is 9.80 Å². The summed E-state index contributed by atoms with van der Waals surface area (Å²) in [5, 5.41) is -0.888. The summed E-state index contributed by atoms with van der Waals surface area (Å²) in [6, 6.07) is 6.59. The Morgan fingerprint density at radius 1 is 1.33 bits per heavy atom. The lowest BCUT2D eigenvalue weighted by atomic mass is 10.2. The highest BCUT2D eigenvalue weighted by atomic mass is 32.2. The van der Waals surface area contributed by atoms with Crippen molar-refractivity contribution in [1.29, 1.82) is 0 Å². The van der Waals surface area contributed by atoms with Gasteiger partial charge in [-0.2, -0.15) is 0 Å². The summed E-state index contributed by atoms with van der Waals surface area (Å²) in [7, 11) is 0. The Kier molecular flexibility index (Phi) is 5.84. The van der Waals surface area contributed by atoms with E-state index in [1.54, 1.807) is 28.9 Å². The molecule has 2 heterocycles. The highest BCUT2D eigenvalue weighted by Gasteiger charge is 2.39. The van der Waals surface area contributed by atoms with E-state index < -0.39 is 17.0 Å². The first-order valence-corrected chi connectivity index (χ1v) is 9.60. The minimum absolute atomic E-state index is 0.129. The van der Waals surface area contributed by atoms with Crippen LogP contribution in [0.15, 0.2) is 41.0 Å². The third-order valence-electron chi connectivity index (χ3n) is 4.49. The van der Waals surface area contributed by atoms with Crippen molar-refractivity contribution in [3.8, 4) is 0 Å². The first-order valence-electron chi connectivity index (χ1n) is 8.66. The van der Waals surface area contributed by atoms with E-state index >= 15 is 0 Å². The number of furan rings is 1. The number of thioether (sulfide) groups is 1. The molecule has 0 bridgehead atoms. The maximum absolute atomic E-state index is 14.2. The molecule has 0 radical (unpaired) electrons. The second-order valence-electron chi connectivity index (χ2n) is 6.19. The van der Waals surface area contributed by atoms with Crippen molar-refractivity contribution in [2.24, 2.45) is 0 Å². The second-order valence-corrected chi connectivity index (χ2v) is 7.62. The summed E-state index contributed by atoms with van der Waals surface area (Å²) in [6.45, 7) is 4.57. The minimum atomic E-state index is -0.682. The average Bonchev–Trinajstić information content (AvgIpc) is 3.26. The van der Waals surface area contributed by atoms with Crippen molar-refractivity contribution in [3.05, 3.63) is 59.6 Å². The van der Waals surface area contributed by atoms with Gasteiger partial charge in [-0.15, -0.1) is 11.8 Å². The van der Waals surface area contributed by atoms with Crippen LogP contribution in [0.2, 0.25) is 0 Å². The molecule has 2 aromatic rings. The van der Waals surface area contributed by atoms with Crippen LogP contribution in [0.4, 0.5) is 8.78 Å². The number of nitrogens with zero attached hydrogens (tertiary/aromatic N) is 2. The maximum Gasteiger partial charge on any atom is 0.289 e. The predicted molar refractivity (Wildman–Crippen MR) is 98.2 cm³/mol. The quantitative estimate of drug-likeness (QED) is 0.750. The van der Waals surface area contributed by atoms with Gasteiger partial charge in [0.05, 0.1) is 11.5 Å². The third-order valence-corrected chi connectivity index (χ3v) is 5.86. The number of carbonyl (C=O) groups is 2. The number of likely N-dealkylation sites (N-methyl/N-ethyl adjacent to an activating group) is 1. The van der Waals surface area contributed by atoms with Gasteiger partial charge in [0.2, 0.25) is 5.91 Å². The van der Waals surface area contributed by atoms with Gasteiger partial charge in [0.15, 0.2) is 5.76 Å². The maximum atomic E-state index is 14.2. The molecule has 8 heteroatoms. The van der Waals surface area contributed by atoms with E-state index in [2.05, 4.69) is 0 Å². The zero-order valence-corrected chi connectivity index (χ0v) is 15.8. The molecule has 5 nitrogen and oxygen atoms in total. The fourth-order valence-electron chi connectivity index (χ4n) is 3.03. The van der Waals surface area contributed by atoms with E-state index in [-0.39, 0.29) is 41.5 Å². The Balaban J connectivity index is 1.76. The smallest absolute Gasteiger partial charge is 0.289 e. The fraction of sp³-hybridized carbons (Fsp3) is 0.368. The SMILES string of the molecule is CCN(CCN1C(=O)[C@@H](C)S[C@H]1c1ccc(F)cc1F)C(=O)c1ccco1. The van der Waals surface area contributed by atoms with Crippen molar-refractivity contribution in [3.63, 3.8) is 0 Å². The normalized spacial score (nSPS) is 19.6. The number of carbonyl (C=O) groups excluding carboxylic acids is 2. The van der Waals surface area contributed by atoms with Gasteiger partial charge in [-0.1, -0.05) is 6.07 Å². The number of hydrogen-bond donors (Lipinski definition) is 0. The number of hydrogen-bond acceptors (Lipinski definition) is 4. The van der Waals surface area contributed by atoms with Crippen LogP contribution in [0.3, 0.4) is 0 Å². The molecule has 0 N–H and O–H groups in total. The molecular weight excluding hydrogens is 374 g/mol. The van der Waals surface area contributed by atoms with Crippen molar-refractivity contribution in [2.45, 2.75) is 24.5 Å². The van der Waals surface area contributed by atoms with Gasteiger partial charge in [0.25, 0.3) is 5.91 Å². The van der Waals surface area contributed by atoms with Gasteiger partial charge < -0.3 is 14.2 Å². The van der Waals surface area contributed by atoms with Crippen molar-refractivity contribution < 1.29 is 22.8 Å². The van der Waals surface area contributed by atoms with E-state index in [0.29, 0.717) is 6.54 Å². The van der Waals surface area contributed by atoms with E-state index in [1.807, 2.05) is 6.92 Å². The lowest BCUT2D eigenvalue weighted by Crippen LogP contribution is -2.40. The van der Waals surface area contributed by atoms with E-state index in [0.717, 1.165) is 6.07 Å². The van der Waals surface area contributed by atoms with Gasteiger partial charge in [0, 0.05) is 31.3 Å². The Morgan fingerprint density at radius 3 is 2.74 bits per heavy atom. The first-order chi connectivity index (χ1) is 12.9. The van der Waals surface area contributed by atoms with E-state index in [9.17, 15) is 18.4 Å². The standard InChI is InChI=1S/C19H20F2N2O3S/c1-3-22(18(25)16-5-4-10-26-16)8-9-23-17(24)12(2)27-19(23)14-7-6-13(20)11-15(14)21/h4-7,10-12,19H,3,8-9H2,1-2H3/t12-,19+/m1/s1. The molecular formula is C19H20F2N2O3S. The summed E-state index contributed by atoms with van der Waals surface area (Å²) in [5.74, 6) is -1.51. The summed E-state index contributed by atoms with van der Waals surface area (Å²) < 4.78 is 32.6. The molecule has 1 saturated heterocycles. The van der Waals surface area contributed by atoms with Crippen LogP contribution in [-0.2, 0) is 4.79 Å². The third kappa shape index (κ3) is 4.00. The Labute approximate surface area is 160 Å². The first kappa shape index (κ1) is 19.4. The van der Waals surface area contributed by atoms with Crippen LogP contribution < -0.4 is 0 Å². The molecule has 144 valence electrons. The van der Waals surface area contributed by atoms with Crippen LogP contribution in [0.25, 0.3) is 0 Å². The molecule has 1 aromatic carbocycles. The van der Waals surface area contributed by atoms with Gasteiger partial charge in [-0.25, -0.2) is 8.78 Å². The van der Waals surface area contributed by atoms with Crippen LogP contribution in [0.1, 0.15) is 35.3 Å². The topological polar surface area (TPSA) is 53.8 Å². The van der Waals surface area contributed by atoms with E-state index in [1.165, 1.54) is 30.2 Å². The largest absolute Gasteiger partial charge is 0.459 e. The van der Waals surface area contributed by atoms with Crippen LogP contribution in [0, 0.1) is 11.6 Å². The lowest BCUT2D eigenvalue weighted by molar-refractivity contribution is -0.130.